The quantitative estimate of drug-likeness (QED) is 0.820. The summed E-state index contributed by atoms with van der Waals surface area (Å²) in [7, 11) is 0. The molecule has 1 fully saturated rings. The van der Waals surface area contributed by atoms with Crippen molar-refractivity contribution in [2.24, 2.45) is 5.73 Å². The number of nitrogens with zero attached hydrogens (tertiary/aromatic N) is 1. The Kier molecular flexibility index (Phi) is 2.45. The molecule has 2 N–H and O–H groups in total. The molecule has 1 heterocycles. The first kappa shape index (κ1) is 10.2. The first-order valence-corrected chi connectivity index (χ1v) is 6.66. The highest BCUT2D eigenvalue weighted by Crippen LogP contribution is 2.37. The minimum atomic E-state index is 0.388. The zero-order valence-corrected chi connectivity index (χ0v) is 10.3. The predicted molar refractivity (Wildman–Crippen MR) is 68.9 cm³/mol. The van der Waals surface area contributed by atoms with E-state index < -0.39 is 0 Å². The molecule has 2 nitrogen and oxygen atoms in total. The molecular formula is C13H16N2S. The van der Waals surface area contributed by atoms with Crippen LogP contribution in [0.25, 0.3) is 10.2 Å². The van der Waals surface area contributed by atoms with Crippen LogP contribution in [0.3, 0.4) is 0 Å². The monoisotopic (exact) mass is 232 g/mol. The number of hydrogen-bond acceptors (Lipinski definition) is 3. The molecule has 0 saturated heterocycles. The van der Waals surface area contributed by atoms with Gasteiger partial charge in [-0.15, -0.1) is 11.3 Å². The van der Waals surface area contributed by atoms with E-state index in [4.69, 9.17) is 10.7 Å². The lowest BCUT2D eigenvalue weighted by atomic mass is 10.1. The van der Waals surface area contributed by atoms with Crippen LogP contribution in [-0.4, -0.2) is 11.0 Å². The molecule has 1 aromatic heterocycles. The minimum Gasteiger partial charge on any atom is -0.328 e. The second-order valence-electron chi connectivity index (χ2n) is 4.79. The first-order chi connectivity index (χ1) is 7.72. The van der Waals surface area contributed by atoms with Crippen LogP contribution in [0.4, 0.5) is 0 Å². The summed E-state index contributed by atoms with van der Waals surface area (Å²) < 4.78 is 1.32. The van der Waals surface area contributed by atoms with Gasteiger partial charge in [-0.05, 0) is 43.9 Å². The van der Waals surface area contributed by atoms with Crippen LogP contribution >= 0.6 is 11.3 Å². The van der Waals surface area contributed by atoms with Crippen LogP contribution in [0.5, 0.6) is 0 Å². The Morgan fingerprint density at radius 1 is 1.38 bits per heavy atom. The van der Waals surface area contributed by atoms with Gasteiger partial charge in [-0.2, -0.15) is 0 Å². The van der Waals surface area contributed by atoms with Gasteiger partial charge in [-0.1, -0.05) is 6.07 Å². The molecule has 0 unspecified atom stereocenters. The molecule has 84 valence electrons. The summed E-state index contributed by atoms with van der Waals surface area (Å²) in [4.78, 5) is 4.73. The number of nitrogens with two attached hydrogens (primary N) is 1. The maximum Gasteiger partial charge on any atom is 0.0970 e. The molecule has 0 aliphatic heterocycles. The Balaban J connectivity index is 1.99. The summed E-state index contributed by atoms with van der Waals surface area (Å²) in [6.07, 6.45) is 3.47. The SMILES string of the molecule is Cc1ccc2nc([C@@H]3CC[C@H](N)C3)sc2c1. The Bertz CT molecular complexity index is 518. The molecule has 0 amide bonds. The summed E-state index contributed by atoms with van der Waals surface area (Å²) in [6.45, 7) is 2.13. The van der Waals surface area contributed by atoms with Crippen molar-refractivity contribution < 1.29 is 0 Å². The average Bonchev–Trinajstić information content (AvgIpc) is 2.83. The Hall–Kier alpha value is -0.930. The van der Waals surface area contributed by atoms with Gasteiger partial charge < -0.3 is 5.73 Å². The van der Waals surface area contributed by atoms with Crippen molar-refractivity contribution >= 4 is 21.6 Å². The third-order valence-electron chi connectivity index (χ3n) is 3.38. The maximum absolute atomic E-state index is 5.96. The zero-order chi connectivity index (χ0) is 11.1. The van der Waals surface area contributed by atoms with Crippen molar-refractivity contribution in [3.8, 4) is 0 Å². The molecule has 1 aromatic carbocycles. The fraction of sp³-hybridized carbons (Fsp3) is 0.462. The van der Waals surface area contributed by atoms with Crippen LogP contribution in [0.1, 0.15) is 35.8 Å². The number of aryl methyl sites for hydroxylation is 1. The van der Waals surface area contributed by atoms with Crippen molar-refractivity contribution in [2.75, 3.05) is 0 Å². The fourth-order valence-corrected chi connectivity index (χ4v) is 3.68. The van der Waals surface area contributed by atoms with Crippen molar-refractivity contribution in [3.05, 3.63) is 28.8 Å². The van der Waals surface area contributed by atoms with E-state index in [2.05, 4.69) is 25.1 Å². The van der Waals surface area contributed by atoms with E-state index in [1.54, 1.807) is 0 Å². The van der Waals surface area contributed by atoms with Crippen molar-refractivity contribution in [1.82, 2.24) is 4.98 Å². The van der Waals surface area contributed by atoms with E-state index in [0.29, 0.717) is 12.0 Å². The van der Waals surface area contributed by atoms with Crippen LogP contribution < -0.4 is 5.73 Å². The summed E-state index contributed by atoms with van der Waals surface area (Å²) in [5.41, 5.74) is 8.41. The second kappa shape index (κ2) is 3.82. The summed E-state index contributed by atoms with van der Waals surface area (Å²) >= 11 is 1.84. The van der Waals surface area contributed by atoms with Crippen LogP contribution in [0.15, 0.2) is 18.2 Å². The van der Waals surface area contributed by atoms with E-state index in [0.717, 1.165) is 18.4 Å². The van der Waals surface area contributed by atoms with Crippen LogP contribution in [0.2, 0.25) is 0 Å². The predicted octanol–water partition coefficient (Wildman–Crippen LogP) is 3.20. The van der Waals surface area contributed by atoms with Gasteiger partial charge in [-0.3, -0.25) is 0 Å². The van der Waals surface area contributed by atoms with Gasteiger partial charge in [0.2, 0.25) is 0 Å². The molecular weight excluding hydrogens is 216 g/mol. The average molecular weight is 232 g/mol. The highest BCUT2D eigenvalue weighted by Gasteiger charge is 2.25. The van der Waals surface area contributed by atoms with Gasteiger partial charge in [0, 0.05) is 12.0 Å². The third-order valence-corrected chi connectivity index (χ3v) is 4.56. The van der Waals surface area contributed by atoms with E-state index in [1.807, 2.05) is 11.3 Å². The van der Waals surface area contributed by atoms with Crippen molar-refractivity contribution in [1.29, 1.82) is 0 Å². The number of benzene rings is 1. The molecule has 1 aliphatic carbocycles. The Labute approximate surface area is 99.5 Å². The summed E-state index contributed by atoms with van der Waals surface area (Å²) in [5, 5.41) is 1.29. The van der Waals surface area contributed by atoms with Gasteiger partial charge in [0.15, 0.2) is 0 Å². The highest BCUT2D eigenvalue weighted by molar-refractivity contribution is 7.18. The molecule has 1 aliphatic rings. The second-order valence-corrected chi connectivity index (χ2v) is 5.86. The van der Waals surface area contributed by atoms with Gasteiger partial charge in [0.1, 0.15) is 0 Å². The number of rotatable bonds is 1. The molecule has 16 heavy (non-hydrogen) atoms. The number of hydrogen-bond donors (Lipinski definition) is 1. The number of aromatic nitrogens is 1. The third kappa shape index (κ3) is 1.74. The van der Waals surface area contributed by atoms with Crippen molar-refractivity contribution in [2.45, 2.75) is 38.1 Å². The normalized spacial score (nSPS) is 25.4. The molecule has 2 atom stereocenters. The Morgan fingerprint density at radius 2 is 2.25 bits per heavy atom. The van der Waals surface area contributed by atoms with Gasteiger partial charge >= 0.3 is 0 Å². The van der Waals surface area contributed by atoms with Crippen LogP contribution in [-0.2, 0) is 0 Å². The standard InChI is InChI=1S/C13H16N2S/c1-8-2-5-11-12(6-8)16-13(15-11)9-3-4-10(14)7-9/h2,5-6,9-10H,3-4,7,14H2,1H3/t9-,10+/m1/s1. The van der Waals surface area contributed by atoms with Gasteiger partial charge in [0.25, 0.3) is 0 Å². The molecule has 0 bridgehead atoms. The van der Waals surface area contributed by atoms with E-state index in [-0.39, 0.29) is 0 Å². The topological polar surface area (TPSA) is 38.9 Å². The first-order valence-electron chi connectivity index (χ1n) is 5.85. The maximum atomic E-state index is 5.96. The van der Waals surface area contributed by atoms with Crippen molar-refractivity contribution in [3.63, 3.8) is 0 Å². The fourth-order valence-electron chi connectivity index (χ4n) is 2.46. The molecule has 0 radical (unpaired) electrons. The number of fused-ring (bicyclic) bond motifs is 1. The molecule has 3 heteroatoms. The highest BCUT2D eigenvalue weighted by atomic mass is 32.1. The Morgan fingerprint density at radius 3 is 3.00 bits per heavy atom. The minimum absolute atomic E-state index is 0.388. The van der Waals surface area contributed by atoms with E-state index >= 15 is 0 Å². The summed E-state index contributed by atoms with van der Waals surface area (Å²) in [6, 6.07) is 6.87. The summed E-state index contributed by atoms with van der Waals surface area (Å²) in [5.74, 6) is 0.604. The van der Waals surface area contributed by atoms with E-state index in [9.17, 15) is 0 Å². The van der Waals surface area contributed by atoms with E-state index in [1.165, 1.54) is 21.7 Å². The lowest BCUT2D eigenvalue weighted by Gasteiger charge is -2.03. The molecule has 1 saturated carbocycles. The lowest BCUT2D eigenvalue weighted by Crippen LogP contribution is -2.14. The van der Waals surface area contributed by atoms with Gasteiger partial charge in [0.05, 0.1) is 15.2 Å². The van der Waals surface area contributed by atoms with Gasteiger partial charge in [-0.25, -0.2) is 4.98 Å². The largest absolute Gasteiger partial charge is 0.328 e. The molecule has 0 spiro atoms. The lowest BCUT2D eigenvalue weighted by molar-refractivity contribution is 0.673. The molecule has 2 aromatic rings. The number of thiazole rings is 1. The molecule has 3 rings (SSSR count). The smallest absolute Gasteiger partial charge is 0.0970 e. The van der Waals surface area contributed by atoms with Crippen LogP contribution in [0, 0.1) is 6.92 Å². The zero-order valence-electron chi connectivity index (χ0n) is 9.44.